The Hall–Kier alpha value is -1.36. The van der Waals surface area contributed by atoms with Crippen molar-refractivity contribution in [1.82, 2.24) is 0 Å². The first-order valence-electron chi connectivity index (χ1n) is 4.76. The van der Waals surface area contributed by atoms with E-state index in [4.69, 9.17) is 4.74 Å². The van der Waals surface area contributed by atoms with Crippen LogP contribution in [0.1, 0.15) is 10.4 Å². The Balaban J connectivity index is 2.44. The molecular formula is C11H10BrNO3. The second-order valence-electron chi connectivity index (χ2n) is 3.48. The number of likely N-dealkylation sites (N-methyl/N-ethyl adjacent to an activating group) is 1. The van der Waals surface area contributed by atoms with Gasteiger partial charge in [-0.05, 0) is 18.2 Å². The van der Waals surface area contributed by atoms with Crippen molar-refractivity contribution < 1.29 is 14.3 Å². The molecule has 0 saturated carbocycles. The number of rotatable bonds is 2. The number of nitrogens with zero attached hydrogens (tertiary/aromatic N) is 1. The van der Waals surface area contributed by atoms with Crippen LogP contribution in [0.3, 0.4) is 0 Å². The van der Waals surface area contributed by atoms with Crippen molar-refractivity contribution in [1.29, 1.82) is 0 Å². The van der Waals surface area contributed by atoms with E-state index >= 15 is 0 Å². The maximum Gasteiger partial charge on any atom is 0.264 e. The molecule has 0 atom stereocenters. The summed E-state index contributed by atoms with van der Waals surface area (Å²) < 4.78 is 5.26. The van der Waals surface area contributed by atoms with Gasteiger partial charge in [0.2, 0.25) is 0 Å². The molecule has 0 saturated heterocycles. The van der Waals surface area contributed by atoms with Crippen LogP contribution in [0.15, 0.2) is 18.2 Å². The molecule has 0 aliphatic carbocycles. The monoisotopic (exact) mass is 283 g/mol. The topological polar surface area (TPSA) is 46.6 Å². The lowest BCUT2D eigenvalue weighted by Gasteiger charge is -2.26. The minimum Gasteiger partial charge on any atom is -0.482 e. The maximum absolute atomic E-state index is 11.5. The predicted molar refractivity (Wildman–Crippen MR) is 63.5 cm³/mol. The van der Waals surface area contributed by atoms with Crippen LogP contribution in [0.2, 0.25) is 0 Å². The fourth-order valence-electron chi connectivity index (χ4n) is 1.52. The van der Waals surface area contributed by atoms with Crippen LogP contribution < -0.4 is 9.64 Å². The molecule has 1 aliphatic rings. The molecular weight excluding hydrogens is 274 g/mol. The average Bonchev–Trinajstić information content (AvgIpc) is 2.32. The maximum atomic E-state index is 11.5. The first-order valence-corrected chi connectivity index (χ1v) is 5.88. The van der Waals surface area contributed by atoms with Gasteiger partial charge in [0.1, 0.15) is 5.75 Å². The summed E-state index contributed by atoms with van der Waals surface area (Å²) in [5.74, 6) is 0.499. The van der Waals surface area contributed by atoms with E-state index in [0.717, 1.165) is 0 Å². The van der Waals surface area contributed by atoms with E-state index in [1.54, 1.807) is 25.2 Å². The van der Waals surface area contributed by atoms with Crippen LogP contribution in [0.25, 0.3) is 0 Å². The third kappa shape index (κ3) is 1.82. The summed E-state index contributed by atoms with van der Waals surface area (Å²) in [6.45, 7) is 0.0508. The van der Waals surface area contributed by atoms with Gasteiger partial charge in [-0.2, -0.15) is 0 Å². The van der Waals surface area contributed by atoms with E-state index in [2.05, 4.69) is 15.9 Å². The van der Waals surface area contributed by atoms with E-state index in [1.807, 2.05) is 0 Å². The molecule has 1 aliphatic heterocycles. The van der Waals surface area contributed by atoms with E-state index in [9.17, 15) is 9.59 Å². The number of anilines is 1. The summed E-state index contributed by atoms with van der Waals surface area (Å²) in [7, 11) is 1.67. The average molecular weight is 284 g/mol. The molecule has 4 nitrogen and oxygen atoms in total. The fraction of sp³-hybridized carbons (Fsp3) is 0.273. The van der Waals surface area contributed by atoms with E-state index < -0.39 is 0 Å². The van der Waals surface area contributed by atoms with Crippen molar-refractivity contribution in [3.05, 3.63) is 23.8 Å². The highest BCUT2D eigenvalue weighted by atomic mass is 79.9. The second-order valence-corrected chi connectivity index (χ2v) is 4.04. The Morgan fingerprint density at radius 1 is 1.56 bits per heavy atom. The Kier molecular flexibility index (Phi) is 2.96. The first-order chi connectivity index (χ1) is 7.63. The van der Waals surface area contributed by atoms with Crippen LogP contribution >= 0.6 is 15.9 Å². The zero-order valence-electron chi connectivity index (χ0n) is 8.70. The number of amides is 1. The van der Waals surface area contributed by atoms with E-state index in [-0.39, 0.29) is 23.6 Å². The van der Waals surface area contributed by atoms with Gasteiger partial charge in [-0.1, -0.05) is 15.9 Å². The number of hydrogen-bond acceptors (Lipinski definition) is 3. The number of alkyl halides is 1. The van der Waals surface area contributed by atoms with Crippen molar-refractivity contribution in [2.75, 3.05) is 23.9 Å². The minimum atomic E-state index is -0.115. The molecule has 1 aromatic carbocycles. The summed E-state index contributed by atoms with van der Waals surface area (Å²) in [5, 5.41) is 0.268. The molecule has 0 N–H and O–H groups in total. The third-order valence-corrected chi connectivity index (χ3v) is 3.00. The van der Waals surface area contributed by atoms with Crippen LogP contribution in [0.5, 0.6) is 5.75 Å². The number of ketones is 1. The molecule has 2 rings (SSSR count). The molecule has 1 heterocycles. The van der Waals surface area contributed by atoms with Gasteiger partial charge in [0.05, 0.1) is 11.0 Å². The second kappa shape index (κ2) is 4.25. The number of hydrogen-bond donors (Lipinski definition) is 0. The minimum absolute atomic E-state index is 0.0192. The highest BCUT2D eigenvalue weighted by Crippen LogP contribution is 2.32. The number of benzene rings is 1. The number of ether oxygens (including phenoxy) is 1. The van der Waals surface area contributed by atoms with Gasteiger partial charge in [0, 0.05) is 12.6 Å². The van der Waals surface area contributed by atoms with Gasteiger partial charge in [0.25, 0.3) is 5.91 Å². The number of fused-ring (bicyclic) bond motifs is 1. The molecule has 16 heavy (non-hydrogen) atoms. The molecule has 0 spiro atoms. The molecule has 0 radical (unpaired) electrons. The standard InChI is InChI=1S/C11H10BrNO3/c1-13-8-4-7(9(14)5-12)2-3-10(8)16-6-11(13)15/h2-4H,5-6H2,1H3. The Morgan fingerprint density at radius 2 is 2.31 bits per heavy atom. The zero-order chi connectivity index (χ0) is 11.7. The summed E-state index contributed by atoms with van der Waals surface area (Å²) in [6.07, 6.45) is 0. The van der Waals surface area contributed by atoms with Gasteiger partial charge in [-0.25, -0.2) is 0 Å². The smallest absolute Gasteiger partial charge is 0.264 e. The Bertz CT molecular complexity index is 459. The highest BCUT2D eigenvalue weighted by Gasteiger charge is 2.23. The van der Waals surface area contributed by atoms with Gasteiger partial charge >= 0.3 is 0 Å². The number of carbonyl (C=O) groups excluding carboxylic acids is 2. The van der Waals surface area contributed by atoms with Crippen LogP contribution in [-0.4, -0.2) is 30.7 Å². The van der Waals surface area contributed by atoms with Crippen molar-refractivity contribution in [3.63, 3.8) is 0 Å². The Morgan fingerprint density at radius 3 is 3.00 bits per heavy atom. The van der Waals surface area contributed by atoms with Gasteiger partial charge in [-0.3, -0.25) is 9.59 Å². The Labute approximate surface area is 101 Å². The molecule has 0 bridgehead atoms. The van der Waals surface area contributed by atoms with Gasteiger partial charge < -0.3 is 9.64 Å². The number of carbonyl (C=O) groups is 2. The van der Waals surface area contributed by atoms with E-state index in [1.165, 1.54) is 4.90 Å². The summed E-state index contributed by atoms with van der Waals surface area (Å²) in [5.41, 5.74) is 1.21. The lowest BCUT2D eigenvalue weighted by molar-refractivity contribution is -0.120. The first kappa shape index (κ1) is 11.1. The third-order valence-electron chi connectivity index (χ3n) is 2.49. The highest BCUT2D eigenvalue weighted by molar-refractivity contribution is 9.09. The predicted octanol–water partition coefficient (Wildman–Crippen LogP) is 1.62. The molecule has 5 heteroatoms. The largest absolute Gasteiger partial charge is 0.482 e. The molecule has 0 fully saturated rings. The quantitative estimate of drug-likeness (QED) is 0.612. The van der Waals surface area contributed by atoms with Crippen LogP contribution in [0.4, 0.5) is 5.69 Å². The summed E-state index contributed by atoms with van der Waals surface area (Å²) in [4.78, 5) is 24.4. The van der Waals surface area contributed by atoms with Crippen molar-refractivity contribution in [3.8, 4) is 5.75 Å². The molecule has 1 aromatic rings. The molecule has 84 valence electrons. The number of Topliss-reactive ketones (excluding diaryl/α,β-unsaturated/α-hetero) is 1. The van der Waals surface area contributed by atoms with Gasteiger partial charge in [-0.15, -0.1) is 0 Å². The van der Waals surface area contributed by atoms with Crippen LogP contribution in [0, 0.1) is 0 Å². The zero-order valence-corrected chi connectivity index (χ0v) is 10.3. The van der Waals surface area contributed by atoms with Crippen molar-refractivity contribution >= 4 is 33.3 Å². The number of halogens is 1. The molecule has 1 amide bonds. The van der Waals surface area contributed by atoms with Crippen LogP contribution in [-0.2, 0) is 4.79 Å². The van der Waals surface area contributed by atoms with Crippen molar-refractivity contribution in [2.45, 2.75) is 0 Å². The van der Waals surface area contributed by atoms with Gasteiger partial charge in [0.15, 0.2) is 12.4 Å². The SMILES string of the molecule is CN1C(=O)COc2ccc(C(=O)CBr)cc21. The molecule has 0 aromatic heterocycles. The van der Waals surface area contributed by atoms with E-state index in [0.29, 0.717) is 17.0 Å². The molecule has 0 unspecified atom stereocenters. The lowest BCUT2D eigenvalue weighted by atomic mass is 10.1. The summed E-state index contributed by atoms with van der Waals surface area (Å²) >= 11 is 3.11. The lowest BCUT2D eigenvalue weighted by Crippen LogP contribution is -2.35. The normalized spacial score (nSPS) is 14.4. The fourth-order valence-corrected chi connectivity index (χ4v) is 1.85. The summed E-state index contributed by atoms with van der Waals surface area (Å²) in [6, 6.07) is 5.09. The van der Waals surface area contributed by atoms with Crippen molar-refractivity contribution in [2.24, 2.45) is 0 Å².